The van der Waals surface area contributed by atoms with Crippen LogP contribution in [0.2, 0.25) is 0 Å². The van der Waals surface area contributed by atoms with Crippen molar-refractivity contribution in [1.29, 1.82) is 5.26 Å². The second kappa shape index (κ2) is 18.8. The van der Waals surface area contributed by atoms with Gasteiger partial charge in [0.2, 0.25) is 5.69 Å². The quantitative estimate of drug-likeness (QED) is 0.128. The number of anilines is 6. The molecule has 4 heteroatoms. The lowest BCUT2D eigenvalue weighted by Gasteiger charge is -2.41. The average molecular weight is 879 g/mol. The highest BCUT2D eigenvalue weighted by atomic mass is 15.2. The average Bonchev–Trinajstić information content (AvgIpc) is 3.37. The standard InChI is InChI=1S/C64H54N4/c1-63(2,3)58-59(64(4,5)6)61(67(53-36-28-49(29-37-53)45-20-12-8-13-21-45)54-38-30-50(31-39-54)46-22-14-9-15-23-46)57(44-65)62(60(58)66-7)68(55-40-32-51(33-41-55)47-24-16-10-17-25-47)56-42-34-52(35-43-56)48-26-18-11-19-27-48/h8-43H,1-6H3. The van der Waals surface area contributed by atoms with E-state index in [9.17, 15) is 11.8 Å². The van der Waals surface area contributed by atoms with Crippen LogP contribution in [0.25, 0.3) is 49.4 Å². The third-order valence-electron chi connectivity index (χ3n) is 12.5. The van der Waals surface area contributed by atoms with Gasteiger partial charge in [-0.3, -0.25) is 0 Å². The minimum Gasteiger partial charge on any atom is -0.319 e. The molecule has 4 nitrogen and oxygen atoms in total. The van der Waals surface area contributed by atoms with E-state index < -0.39 is 10.8 Å². The summed E-state index contributed by atoms with van der Waals surface area (Å²) in [6.07, 6.45) is 0. The van der Waals surface area contributed by atoms with Crippen molar-refractivity contribution >= 4 is 39.8 Å². The lowest BCUT2D eigenvalue weighted by molar-refractivity contribution is 0.533. The number of hydrogen-bond acceptors (Lipinski definition) is 3. The van der Waals surface area contributed by atoms with Crippen LogP contribution in [0.1, 0.15) is 58.2 Å². The molecular formula is C64H54N4. The topological polar surface area (TPSA) is 34.6 Å². The fourth-order valence-corrected chi connectivity index (χ4v) is 9.38. The van der Waals surface area contributed by atoms with E-state index in [0.717, 1.165) is 84.1 Å². The lowest BCUT2D eigenvalue weighted by Crippen LogP contribution is -2.28. The van der Waals surface area contributed by atoms with Gasteiger partial charge in [0.1, 0.15) is 6.07 Å². The van der Waals surface area contributed by atoms with Gasteiger partial charge in [-0.25, -0.2) is 4.85 Å². The van der Waals surface area contributed by atoms with Crippen LogP contribution in [0.15, 0.2) is 218 Å². The van der Waals surface area contributed by atoms with Gasteiger partial charge in [0.15, 0.2) is 0 Å². The summed E-state index contributed by atoms with van der Waals surface area (Å²) in [4.78, 5) is 8.89. The zero-order chi connectivity index (χ0) is 47.4. The number of benzene rings is 9. The van der Waals surface area contributed by atoms with Gasteiger partial charge in [-0.1, -0.05) is 211 Å². The minimum atomic E-state index is -0.528. The van der Waals surface area contributed by atoms with Crippen molar-refractivity contribution in [3.63, 3.8) is 0 Å². The van der Waals surface area contributed by atoms with Crippen molar-refractivity contribution in [2.45, 2.75) is 52.4 Å². The molecule has 0 fully saturated rings. The van der Waals surface area contributed by atoms with Crippen LogP contribution in [0.5, 0.6) is 0 Å². The first-order valence-electron chi connectivity index (χ1n) is 23.2. The van der Waals surface area contributed by atoms with Gasteiger partial charge in [0.05, 0.1) is 23.5 Å². The highest BCUT2D eigenvalue weighted by Gasteiger charge is 2.39. The van der Waals surface area contributed by atoms with Gasteiger partial charge in [-0.2, -0.15) is 5.26 Å². The van der Waals surface area contributed by atoms with Gasteiger partial charge < -0.3 is 9.80 Å². The minimum absolute atomic E-state index is 0.410. The van der Waals surface area contributed by atoms with Gasteiger partial charge >= 0.3 is 0 Å². The van der Waals surface area contributed by atoms with E-state index in [2.05, 4.69) is 232 Å². The molecule has 0 saturated carbocycles. The third kappa shape index (κ3) is 8.93. The summed E-state index contributed by atoms with van der Waals surface area (Å²) in [6.45, 7) is 22.3. The van der Waals surface area contributed by atoms with Crippen molar-refractivity contribution in [3.8, 4) is 50.6 Å². The maximum absolute atomic E-state index is 12.1. The summed E-state index contributed by atoms with van der Waals surface area (Å²) in [5, 5.41) is 12.1. The Bertz CT molecular complexity index is 3080. The molecule has 0 aliphatic carbocycles. The van der Waals surface area contributed by atoms with E-state index in [4.69, 9.17) is 0 Å². The summed E-state index contributed by atoms with van der Waals surface area (Å²) >= 11 is 0. The highest BCUT2D eigenvalue weighted by molar-refractivity contribution is 6.00. The molecule has 0 heterocycles. The zero-order valence-corrected chi connectivity index (χ0v) is 39.6. The first-order chi connectivity index (χ1) is 32.9. The fourth-order valence-electron chi connectivity index (χ4n) is 9.38. The van der Waals surface area contributed by atoms with Crippen molar-refractivity contribution < 1.29 is 0 Å². The lowest BCUT2D eigenvalue weighted by atomic mass is 9.71. The monoisotopic (exact) mass is 878 g/mol. The first kappa shape index (κ1) is 44.7. The van der Waals surface area contributed by atoms with Gasteiger partial charge in [0.25, 0.3) is 0 Å². The Hall–Kier alpha value is -8.44. The van der Waals surface area contributed by atoms with E-state index in [1.165, 1.54) is 0 Å². The highest BCUT2D eigenvalue weighted by Crippen LogP contribution is 2.57. The molecule has 0 N–H and O–H groups in total. The summed E-state index contributed by atoms with van der Waals surface area (Å²) < 4.78 is 0. The van der Waals surface area contributed by atoms with Gasteiger partial charge in [-0.15, -0.1) is 0 Å². The van der Waals surface area contributed by atoms with E-state index in [1.807, 2.05) is 48.5 Å². The molecule has 0 aliphatic heterocycles. The Balaban J connectivity index is 1.37. The molecule has 9 aromatic carbocycles. The van der Waals surface area contributed by atoms with Crippen LogP contribution >= 0.6 is 0 Å². The third-order valence-corrected chi connectivity index (χ3v) is 12.5. The van der Waals surface area contributed by atoms with Crippen molar-refractivity contribution in [1.82, 2.24) is 0 Å². The predicted molar refractivity (Wildman–Crippen MR) is 286 cm³/mol. The zero-order valence-electron chi connectivity index (χ0n) is 39.6. The summed E-state index contributed by atoms with van der Waals surface area (Å²) in [5.41, 5.74) is 15.2. The Morgan fingerprint density at radius 2 is 0.603 bits per heavy atom. The molecular weight excluding hydrogens is 825 g/mol. The maximum atomic E-state index is 12.1. The SMILES string of the molecule is [C-]#[N+]c1c(N(c2ccc(-c3ccccc3)cc2)c2ccc(-c3ccccc3)cc2)c(C#N)c(N(c2ccc(-c3ccccc3)cc2)c2ccc(-c3ccccc3)cc2)c(C(C)(C)C)c1C(C)(C)C. The normalized spacial score (nSPS) is 11.4. The van der Waals surface area contributed by atoms with Crippen LogP contribution in [0.4, 0.5) is 39.8 Å². The molecule has 330 valence electrons. The summed E-state index contributed by atoms with van der Waals surface area (Å²) in [7, 11) is 0. The summed E-state index contributed by atoms with van der Waals surface area (Å²) in [6, 6.07) is 78.5. The van der Waals surface area contributed by atoms with Gasteiger partial charge in [-0.05, 0) is 115 Å². The van der Waals surface area contributed by atoms with E-state index >= 15 is 0 Å². The Labute approximate surface area is 402 Å². The molecule has 0 atom stereocenters. The molecule has 9 aromatic rings. The predicted octanol–water partition coefficient (Wildman–Crippen LogP) is 18.3. The first-order valence-corrected chi connectivity index (χ1v) is 23.2. The van der Waals surface area contributed by atoms with E-state index in [1.54, 1.807) is 0 Å². The van der Waals surface area contributed by atoms with E-state index in [0.29, 0.717) is 16.9 Å². The Kier molecular flexibility index (Phi) is 12.4. The maximum Gasteiger partial charge on any atom is 0.216 e. The Morgan fingerprint density at radius 1 is 0.353 bits per heavy atom. The van der Waals surface area contributed by atoms with Crippen LogP contribution < -0.4 is 9.80 Å². The molecule has 0 saturated heterocycles. The molecule has 0 aromatic heterocycles. The van der Waals surface area contributed by atoms with Crippen molar-refractivity contribution in [2.75, 3.05) is 9.80 Å². The Morgan fingerprint density at radius 3 is 0.838 bits per heavy atom. The molecule has 0 radical (unpaired) electrons. The number of rotatable bonds is 10. The molecule has 0 spiro atoms. The van der Waals surface area contributed by atoms with Crippen molar-refractivity contribution in [3.05, 3.63) is 246 Å². The van der Waals surface area contributed by atoms with Gasteiger partial charge in [0, 0.05) is 22.7 Å². The van der Waals surface area contributed by atoms with Crippen LogP contribution in [0, 0.1) is 17.9 Å². The largest absolute Gasteiger partial charge is 0.319 e. The number of nitriles is 1. The van der Waals surface area contributed by atoms with Crippen LogP contribution in [-0.2, 0) is 10.8 Å². The molecule has 0 aliphatic rings. The molecule has 0 amide bonds. The number of hydrogen-bond donors (Lipinski definition) is 0. The summed E-state index contributed by atoms with van der Waals surface area (Å²) in [5.74, 6) is 0. The molecule has 68 heavy (non-hydrogen) atoms. The van der Waals surface area contributed by atoms with Crippen LogP contribution in [-0.4, -0.2) is 0 Å². The van der Waals surface area contributed by atoms with Crippen molar-refractivity contribution in [2.24, 2.45) is 0 Å². The molecule has 0 bridgehead atoms. The fraction of sp³-hybridized carbons (Fsp3) is 0.125. The second-order valence-electron chi connectivity index (χ2n) is 19.2. The second-order valence-corrected chi connectivity index (χ2v) is 19.2. The smallest absolute Gasteiger partial charge is 0.216 e. The number of nitrogens with zero attached hydrogens (tertiary/aromatic N) is 4. The molecule has 0 unspecified atom stereocenters. The van der Waals surface area contributed by atoms with Crippen LogP contribution in [0.3, 0.4) is 0 Å². The molecule has 9 rings (SSSR count). The van der Waals surface area contributed by atoms with E-state index in [-0.39, 0.29) is 0 Å².